The lowest BCUT2D eigenvalue weighted by molar-refractivity contribution is -0.0120. The summed E-state index contributed by atoms with van der Waals surface area (Å²) >= 11 is 0. The minimum absolute atomic E-state index is 0.0644. The third-order valence-electron chi connectivity index (χ3n) is 9.47. The molecule has 1 unspecified atom stereocenters. The van der Waals surface area contributed by atoms with Gasteiger partial charge >= 0.3 is 0 Å². The Bertz CT molecular complexity index is 522. The lowest BCUT2D eigenvalue weighted by atomic mass is 9.50. The molecule has 1 N–H and O–H groups in total. The zero-order valence-electron chi connectivity index (χ0n) is 18.1. The fraction of sp³-hybridized carbons (Fsp3) is 0.923. The first-order valence-corrected chi connectivity index (χ1v) is 12.5. The lowest BCUT2D eigenvalue weighted by Crippen LogP contribution is -2.47. The van der Waals surface area contributed by atoms with Gasteiger partial charge in [0.1, 0.15) is 0 Å². The van der Waals surface area contributed by atoms with Crippen LogP contribution in [0.15, 0.2) is 11.6 Å². The molecule has 154 valence electrons. The van der Waals surface area contributed by atoms with Crippen molar-refractivity contribution < 1.29 is 5.11 Å². The Morgan fingerprint density at radius 3 is 2.56 bits per heavy atom. The van der Waals surface area contributed by atoms with Crippen LogP contribution in [0.2, 0.25) is 0 Å². The van der Waals surface area contributed by atoms with Crippen LogP contribution in [-0.4, -0.2) is 11.2 Å². The van der Waals surface area contributed by atoms with Crippen LogP contribution < -0.4 is 0 Å². The molecule has 0 radical (unpaired) electrons. The van der Waals surface area contributed by atoms with E-state index >= 15 is 0 Å². The highest BCUT2D eigenvalue weighted by Crippen LogP contribution is 2.62. The molecule has 7 atom stereocenters. The van der Waals surface area contributed by atoms with Crippen molar-refractivity contribution in [3.63, 3.8) is 0 Å². The van der Waals surface area contributed by atoms with Crippen LogP contribution in [0.5, 0.6) is 0 Å². The molecule has 0 heterocycles. The van der Waals surface area contributed by atoms with Gasteiger partial charge in [-0.1, -0.05) is 70.4 Å². The molecular weight excluding hydrogens is 328 g/mol. The Labute approximate surface area is 168 Å². The molecule has 1 nitrogen and oxygen atoms in total. The maximum atomic E-state index is 10.2. The van der Waals surface area contributed by atoms with Crippen molar-refractivity contribution in [1.82, 2.24) is 0 Å². The third-order valence-corrected chi connectivity index (χ3v) is 9.47. The van der Waals surface area contributed by atoms with E-state index in [1.54, 1.807) is 5.57 Å². The fourth-order valence-electron chi connectivity index (χ4n) is 7.96. The average Bonchev–Trinajstić information content (AvgIpc) is 3.08. The largest absolute Gasteiger partial charge is 0.393 e. The molecule has 3 saturated carbocycles. The van der Waals surface area contributed by atoms with E-state index in [9.17, 15) is 5.11 Å². The van der Waals surface area contributed by atoms with Crippen LogP contribution in [0.4, 0.5) is 0 Å². The molecule has 4 aliphatic carbocycles. The number of fused-ring (bicyclic) bond motifs is 5. The van der Waals surface area contributed by atoms with Crippen LogP contribution in [0.1, 0.15) is 110 Å². The molecule has 0 saturated heterocycles. The lowest BCUT2D eigenvalue weighted by Gasteiger charge is -2.55. The highest BCUT2D eigenvalue weighted by Gasteiger charge is 2.53. The fourth-order valence-corrected chi connectivity index (χ4v) is 7.96. The van der Waals surface area contributed by atoms with E-state index in [-0.39, 0.29) is 6.10 Å². The molecule has 0 aliphatic heterocycles. The smallest absolute Gasteiger partial charge is 0.0577 e. The number of unbranched alkanes of at least 4 members (excludes halogenated alkanes) is 5. The topological polar surface area (TPSA) is 20.2 Å². The van der Waals surface area contributed by atoms with Crippen molar-refractivity contribution in [3.8, 4) is 0 Å². The van der Waals surface area contributed by atoms with E-state index < -0.39 is 0 Å². The Morgan fingerprint density at radius 2 is 1.70 bits per heavy atom. The van der Waals surface area contributed by atoms with Gasteiger partial charge < -0.3 is 5.11 Å². The van der Waals surface area contributed by atoms with E-state index in [0.717, 1.165) is 42.4 Å². The maximum Gasteiger partial charge on any atom is 0.0577 e. The van der Waals surface area contributed by atoms with Gasteiger partial charge in [0, 0.05) is 0 Å². The van der Waals surface area contributed by atoms with Gasteiger partial charge in [0.15, 0.2) is 0 Å². The van der Waals surface area contributed by atoms with Crippen LogP contribution in [0.3, 0.4) is 0 Å². The summed E-state index contributed by atoms with van der Waals surface area (Å²) in [6, 6.07) is 0. The molecule has 4 rings (SSSR count). The second kappa shape index (κ2) is 8.60. The Hall–Kier alpha value is -0.300. The number of hydrogen-bond donors (Lipinski definition) is 1. The number of hydrogen-bond acceptors (Lipinski definition) is 1. The normalized spacial score (nSPS) is 43.6. The van der Waals surface area contributed by atoms with Crippen LogP contribution in [0, 0.1) is 35.0 Å². The van der Waals surface area contributed by atoms with E-state index in [0.29, 0.717) is 5.41 Å². The quantitative estimate of drug-likeness (QED) is 0.367. The standard InChI is InChI=1S/C26H44O/c1-3-4-5-6-7-8-9-19-10-12-23-22(19)14-15-25-24(23)13-11-20-18-21(27)16-17-26(20,25)2/h11,19,21-25,27H,3-10,12-18H2,1-2H3/t19?,21-,22+,23+,24-,25-,26-/m0/s1. The minimum atomic E-state index is -0.0644. The molecule has 0 aromatic heterocycles. The van der Waals surface area contributed by atoms with Gasteiger partial charge in [-0.2, -0.15) is 0 Å². The van der Waals surface area contributed by atoms with E-state index in [1.807, 2.05) is 0 Å². The second-order valence-corrected chi connectivity index (χ2v) is 10.8. The first-order valence-electron chi connectivity index (χ1n) is 12.5. The van der Waals surface area contributed by atoms with Gasteiger partial charge in [0.25, 0.3) is 0 Å². The minimum Gasteiger partial charge on any atom is -0.393 e. The summed E-state index contributed by atoms with van der Waals surface area (Å²) in [5.74, 6) is 5.00. The van der Waals surface area contributed by atoms with Crippen molar-refractivity contribution in [3.05, 3.63) is 11.6 Å². The van der Waals surface area contributed by atoms with Crippen molar-refractivity contribution in [1.29, 1.82) is 0 Å². The first-order chi connectivity index (χ1) is 13.1. The Kier molecular flexibility index (Phi) is 6.37. The van der Waals surface area contributed by atoms with Crippen LogP contribution in [0.25, 0.3) is 0 Å². The molecule has 0 aromatic carbocycles. The number of aliphatic hydroxyl groups is 1. The van der Waals surface area contributed by atoms with E-state index in [4.69, 9.17) is 0 Å². The van der Waals surface area contributed by atoms with E-state index in [2.05, 4.69) is 19.9 Å². The molecular formula is C26H44O. The molecule has 3 fully saturated rings. The first kappa shape index (κ1) is 20.0. The molecule has 4 aliphatic rings. The van der Waals surface area contributed by atoms with Gasteiger partial charge in [-0.15, -0.1) is 0 Å². The molecule has 0 spiro atoms. The SMILES string of the molecule is CCCCCCCCC1CC[C@H]2[C@@H]3CC=C4C[C@@H](O)CC[C@]4(C)[C@H]3CC[C@H]12. The van der Waals surface area contributed by atoms with Crippen LogP contribution in [-0.2, 0) is 0 Å². The average molecular weight is 373 g/mol. The highest BCUT2D eigenvalue weighted by molar-refractivity contribution is 5.24. The van der Waals surface area contributed by atoms with Gasteiger partial charge in [-0.3, -0.25) is 0 Å². The molecule has 0 bridgehead atoms. The summed E-state index contributed by atoms with van der Waals surface area (Å²) in [7, 11) is 0. The van der Waals surface area contributed by atoms with Gasteiger partial charge in [0.05, 0.1) is 6.10 Å². The predicted molar refractivity (Wildman–Crippen MR) is 115 cm³/mol. The number of allylic oxidation sites excluding steroid dienone is 1. The summed E-state index contributed by atoms with van der Waals surface area (Å²) in [6.07, 6.45) is 23.3. The third kappa shape index (κ3) is 3.92. The number of aliphatic hydroxyl groups excluding tert-OH is 1. The van der Waals surface area contributed by atoms with Crippen molar-refractivity contribution in [2.75, 3.05) is 0 Å². The van der Waals surface area contributed by atoms with E-state index in [1.165, 1.54) is 83.5 Å². The van der Waals surface area contributed by atoms with Gasteiger partial charge in [-0.25, -0.2) is 0 Å². The van der Waals surface area contributed by atoms with Crippen molar-refractivity contribution in [2.45, 2.75) is 116 Å². The maximum absolute atomic E-state index is 10.2. The summed E-state index contributed by atoms with van der Waals surface area (Å²) in [6.45, 7) is 4.87. The van der Waals surface area contributed by atoms with Crippen molar-refractivity contribution in [2.24, 2.45) is 35.0 Å². The zero-order valence-corrected chi connectivity index (χ0v) is 18.1. The molecule has 27 heavy (non-hydrogen) atoms. The number of rotatable bonds is 7. The second-order valence-electron chi connectivity index (χ2n) is 10.8. The zero-order chi connectivity index (χ0) is 18.9. The van der Waals surface area contributed by atoms with Crippen LogP contribution >= 0.6 is 0 Å². The van der Waals surface area contributed by atoms with Gasteiger partial charge in [0.2, 0.25) is 0 Å². The Balaban J connectivity index is 1.34. The monoisotopic (exact) mass is 372 g/mol. The molecule has 0 amide bonds. The molecule has 1 heteroatoms. The molecule has 0 aromatic rings. The summed E-state index contributed by atoms with van der Waals surface area (Å²) in [5.41, 5.74) is 2.05. The summed E-state index contributed by atoms with van der Waals surface area (Å²) in [4.78, 5) is 0. The van der Waals surface area contributed by atoms with Gasteiger partial charge in [-0.05, 0) is 86.4 Å². The predicted octanol–water partition coefficient (Wildman–Crippen LogP) is 7.29. The van der Waals surface area contributed by atoms with Crippen molar-refractivity contribution >= 4 is 0 Å². The summed E-state index contributed by atoms with van der Waals surface area (Å²) < 4.78 is 0. The summed E-state index contributed by atoms with van der Waals surface area (Å²) in [5, 5.41) is 10.2. The highest BCUT2D eigenvalue weighted by atomic mass is 16.3. The Morgan fingerprint density at radius 1 is 0.926 bits per heavy atom.